The maximum absolute atomic E-state index is 13.3. The Kier molecular flexibility index (Phi) is 5.26. The van der Waals surface area contributed by atoms with E-state index in [9.17, 15) is 4.79 Å². The number of H-pyrrole nitrogens is 1. The molecule has 3 heterocycles. The van der Waals surface area contributed by atoms with Gasteiger partial charge in [-0.3, -0.25) is 9.69 Å². The van der Waals surface area contributed by atoms with Crippen LogP contribution in [-0.2, 0) is 5.54 Å². The lowest BCUT2D eigenvalue weighted by molar-refractivity contribution is 0.144. The maximum Gasteiger partial charge on any atom is 0.253 e. The second kappa shape index (κ2) is 7.61. The number of aromatic amines is 1. The fourth-order valence-corrected chi connectivity index (χ4v) is 4.33. The van der Waals surface area contributed by atoms with E-state index in [4.69, 9.17) is 0 Å². The smallest absolute Gasteiger partial charge is 0.253 e. The minimum atomic E-state index is -0.280. The maximum atomic E-state index is 13.3. The number of nitrogens with one attached hydrogen (secondary N) is 1. The normalized spacial score (nSPS) is 17.5. The van der Waals surface area contributed by atoms with Crippen LogP contribution in [0.5, 0.6) is 0 Å². The van der Waals surface area contributed by atoms with Crippen LogP contribution in [0.25, 0.3) is 10.9 Å². The van der Waals surface area contributed by atoms with E-state index in [1.165, 1.54) is 11.1 Å². The van der Waals surface area contributed by atoms with E-state index < -0.39 is 0 Å². The number of fused-ring (bicyclic) bond motifs is 1. The number of benzene rings is 1. The summed E-state index contributed by atoms with van der Waals surface area (Å²) in [5, 5.41) is 13.7. The molecule has 1 aliphatic rings. The molecular weight excluding hydrogens is 376 g/mol. The SMILES string of the molecule is Cc1cc2cc(C(c3nnnn3C(C)(C)C)N3CCC(C)CC3)c(=O)[nH]c2cc1C. The summed E-state index contributed by atoms with van der Waals surface area (Å²) in [6.45, 7) is 14.6. The van der Waals surface area contributed by atoms with E-state index in [0.29, 0.717) is 11.5 Å². The number of tetrazole rings is 1. The van der Waals surface area contributed by atoms with Gasteiger partial charge in [0.15, 0.2) is 5.82 Å². The third-order valence-electron chi connectivity index (χ3n) is 6.34. The van der Waals surface area contributed by atoms with Crippen molar-refractivity contribution in [2.75, 3.05) is 13.1 Å². The molecule has 0 spiro atoms. The average Bonchev–Trinajstić information content (AvgIpc) is 3.15. The van der Waals surface area contributed by atoms with Crippen LogP contribution in [0.2, 0.25) is 0 Å². The summed E-state index contributed by atoms with van der Waals surface area (Å²) in [4.78, 5) is 18.8. The molecule has 7 heteroatoms. The summed E-state index contributed by atoms with van der Waals surface area (Å²) in [5.41, 5.74) is 3.61. The zero-order chi connectivity index (χ0) is 21.6. The standard InChI is InChI=1S/C23H32N6O/c1-14-7-9-28(10-8-14)20(21-25-26-27-29(21)23(4,5)6)18-13-17-11-15(2)16(3)12-19(17)24-22(18)30/h11-14,20H,7-10H2,1-6H3,(H,24,30). The van der Waals surface area contributed by atoms with Crippen LogP contribution < -0.4 is 5.56 Å². The molecule has 1 unspecified atom stereocenters. The molecule has 1 N–H and O–H groups in total. The Labute approximate surface area is 177 Å². The second-order valence-corrected chi connectivity index (χ2v) is 9.82. The van der Waals surface area contributed by atoms with Crippen molar-refractivity contribution in [2.24, 2.45) is 5.92 Å². The Morgan fingerprint density at radius 3 is 2.43 bits per heavy atom. The van der Waals surface area contributed by atoms with Gasteiger partial charge in [0.2, 0.25) is 0 Å². The first-order valence-corrected chi connectivity index (χ1v) is 10.8. The van der Waals surface area contributed by atoms with Crippen LogP contribution in [0.3, 0.4) is 0 Å². The largest absolute Gasteiger partial charge is 0.322 e. The predicted octanol–water partition coefficient (Wildman–Crippen LogP) is 3.71. The van der Waals surface area contributed by atoms with E-state index >= 15 is 0 Å². The molecule has 0 aliphatic carbocycles. The molecule has 0 radical (unpaired) electrons. The van der Waals surface area contributed by atoms with Gasteiger partial charge in [0.25, 0.3) is 5.56 Å². The van der Waals surface area contributed by atoms with Crippen molar-refractivity contribution >= 4 is 10.9 Å². The lowest BCUT2D eigenvalue weighted by Gasteiger charge is -2.36. The van der Waals surface area contributed by atoms with Crippen molar-refractivity contribution in [3.05, 3.63) is 51.1 Å². The number of piperidine rings is 1. The fourth-order valence-electron chi connectivity index (χ4n) is 4.33. The van der Waals surface area contributed by atoms with Crippen LogP contribution in [0.4, 0.5) is 0 Å². The third-order valence-corrected chi connectivity index (χ3v) is 6.34. The Morgan fingerprint density at radius 2 is 1.77 bits per heavy atom. The molecule has 0 saturated carbocycles. The van der Waals surface area contributed by atoms with Crippen molar-refractivity contribution in [3.8, 4) is 0 Å². The Balaban J connectivity index is 1.90. The molecule has 30 heavy (non-hydrogen) atoms. The summed E-state index contributed by atoms with van der Waals surface area (Å²) < 4.78 is 1.86. The first-order chi connectivity index (χ1) is 14.1. The predicted molar refractivity (Wildman–Crippen MR) is 119 cm³/mol. The quantitative estimate of drug-likeness (QED) is 0.715. The summed E-state index contributed by atoms with van der Waals surface area (Å²) in [6, 6.07) is 5.95. The van der Waals surface area contributed by atoms with E-state index in [1.807, 2.05) is 16.8 Å². The van der Waals surface area contributed by atoms with Gasteiger partial charge in [-0.15, -0.1) is 5.10 Å². The van der Waals surface area contributed by atoms with Gasteiger partial charge in [0, 0.05) is 11.1 Å². The highest BCUT2D eigenvalue weighted by molar-refractivity contribution is 5.81. The Bertz CT molecular complexity index is 1110. The van der Waals surface area contributed by atoms with Crippen molar-refractivity contribution < 1.29 is 0 Å². The van der Waals surface area contributed by atoms with E-state index in [0.717, 1.165) is 42.7 Å². The average molecular weight is 409 g/mol. The highest BCUT2D eigenvalue weighted by atomic mass is 16.1. The Morgan fingerprint density at radius 1 is 1.10 bits per heavy atom. The molecule has 1 aromatic carbocycles. The number of nitrogens with zero attached hydrogens (tertiary/aromatic N) is 5. The number of pyridine rings is 1. The molecule has 1 saturated heterocycles. The topological polar surface area (TPSA) is 79.7 Å². The van der Waals surface area contributed by atoms with Gasteiger partial charge in [-0.05, 0) is 112 Å². The second-order valence-electron chi connectivity index (χ2n) is 9.82. The minimum Gasteiger partial charge on any atom is -0.322 e. The van der Waals surface area contributed by atoms with Gasteiger partial charge >= 0.3 is 0 Å². The molecule has 7 nitrogen and oxygen atoms in total. The first kappa shape index (κ1) is 20.7. The van der Waals surface area contributed by atoms with Crippen LogP contribution in [0.15, 0.2) is 23.0 Å². The number of hydrogen-bond donors (Lipinski definition) is 1. The molecule has 1 aliphatic heterocycles. The highest BCUT2D eigenvalue weighted by Crippen LogP contribution is 2.32. The van der Waals surface area contributed by atoms with Crippen molar-refractivity contribution in [1.29, 1.82) is 0 Å². The van der Waals surface area contributed by atoms with Gasteiger partial charge in [0.05, 0.1) is 5.54 Å². The molecule has 160 valence electrons. The van der Waals surface area contributed by atoms with Crippen LogP contribution in [0.1, 0.15) is 69.1 Å². The van der Waals surface area contributed by atoms with Gasteiger partial charge in [-0.25, -0.2) is 4.68 Å². The number of likely N-dealkylation sites (tertiary alicyclic amines) is 1. The first-order valence-electron chi connectivity index (χ1n) is 10.8. The molecule has 0 bridgehead atoms. The van der Waals surface area contributed by atoms with Crippen LogP contribution in [-0.4, -0.2) is 43.2 Å². The van der Waals surface area contributed by atoms with Gasteiger partial charge in [-0.1, -0.05) is 6.92 Å². The molecule has 4 rings (SSSR count). The summed E-state index contributed by atoms with van der Waals surface area (Å²) in [5.74, 6) is 1.42. The van der Waals surface area contributed by atoms with E-state index in [1.54, 1.807) is 0 Å². The number of aryl methyl sites for hydroxylation is 2. The van der Waals surface area contributed by atoms with Crippen LogP contribution >= 0.6 is 0 Å². The molecule has 1 atom stereocenters. The minimum absolute atomic E-state index is 0.0714. The van der Waals surface area contributed by atoms with Crippen LogP contribution in [0, 0.1) is 19.8 Å². The molecular formula is C23H32N6O. The van der Waals surface area contributed by atoms with Gasteiger partial charge in [-0.2, -0.15) is 0 Å². The van der Waals surface area contributed by atoms with Crippen molar-refractivity contribution in [2.45, 2.75) is 66.0 Å². The molecule has 1 fully saturated rings. The lowest BCUT2D eigenvalue weighted by atomic mass is 9.94. The van der Waals surface area contributed by atoms with Crippen molar-refractivity contribution in [3.63, 3.8) is 0 Å². The zero-order valence-corrected chi connectivity index (χ0v) is 18.9. The summed E-state index contributed by atoms with van der Waals surface area (Å²) >= 11 is 0. The Hall–Kier alpha value is -2.54. The van der Waals surface area contributed by atoms with Crippen molar-refractivity contribution in [1.82, 2.24) is 30.1 Å². The fraction of sp³-hybridized carbons (Fsp3) is 0.565. The van der Waals surface area contributed by atoms with E-state index in [-0.39, 0.29) is 17.1 Å². The van der Waals surface area contributed by atoms with E-state index in [2.05, 4.69) is 73.0 Å². The third kappa shape index (κ3) is 3.78. The highest BCUT2D eigenvalue weighted by Gasteiger charge is 2.34. The molecule has 3 aromatic rings. The number of hydrogen-bond acceptors (Lipinski definition) is 5. The molecule has 0 amide bonds. The lowest BCUT2D eigenvalue weighted by Crippen LogP contribution is -2.41. The monoisotopic (exact) mass is 408 g/mol. The van der Waals surface area contributed by atoms with Gasteiger partial charge < -0.3 is 4.98 Å². The zero-order valence-electron chi connectivity index (χ0n) is 18.9. The summed E-state index contributed by atoms with van der Waals surface area (Å²) in [7, 11) is 0. The number of aromatic nitrogens is 5. The number of rotatable bonds is 3. The van der Waals surface area contributed by atoms with Gasteiger partial charge in [0.1, 0.15) is 6.04 Å². The summed E-state index contributed by atoms with van der Waals surface area (Å²) in [6.07, 6.45) is 2.22. The molecule has 2 aromatic heterocycles.